The largest absolute Gasteiger partial charge is 0.375 e. The Kier molecular flexibility index (Phi) is 5.14. The molecule has 110 valence electrons. The Morgan fingerprint density at radius 2 is 1.89 bits per heavy atom. The molecule has 0 aromatic rings. The number of ether oxygens (including phenoxy) is 1. The van der Waals surface area contributed by atoms with Crippen molar-refractivity contribution in [2.45, 2.75) is 76.0 Å². The zero-order valence-electron chi connectivity index (χ0n) is 12.3. The maximum atomic E-state index is 5.94. The molecule has 2 aliphatic carbocycles. The summed E-state index contributed by atoms with van der Waals surface area (Å²) in [6.45, 7) is 4.67. The van der Waals surface area contributed by atoms with Crippen LogP contribution in [0.15, 0.2) is 0 Å². The summed E-state index contributed by atoms with van der Waals surface area (Å²) in [5, 5.41) is 3.61. The molecule has 2 unspecified atom stereocenters. The van der Waals surface area contributed by atoms with Crippen molar-refractivity contribution in [2.24, 2.45) is 0 Å². The second-order valence-corrected chi connectivity index (χ2v) is 6.59. The first-order valence-corrected chi connectivity index (χ1v) is 8.52. The third-order valence-electron chi connectivity index (χ3n) is 4.98. The van der Waals surface area contributed by atoms with Gasteiger partial charge in [-0.3, -0.25) is 4.90 Å². The highest BCUT2D eigenvalue weighted by atomic mass is 16.5. The predicted octanol–water partition coefficient (Wildman–Crippen LogP) is 2.55. The van der Waals surface area contributed by atoms with Crippen LogP contribution in [0.5, 0.6) is 0 Å². The highest BCUT2D eigenvalue weighted by Gasteiger charge is 2.33. The molecule has 3 heteroatoms. The first-order valence-electron chi connectivity index (χ1n) is 8.52. The van der Waals surface area contributed by atoms with Gasteiger partial charge in [0.05, 0.1) is 12.7 Å². The van der Waals surface area contributed by atoms with Crippen molar-refractivity contribution in [3.05, 3.63) is 0 Å². The molecule has 1 N–H and O–H groups in total. The third-order valence-corrected chi connectivity index (χ3v) is 4.98. The molecule has 1 heterocycles. The number of hydrogen-bond acceptors (Lipinski definition) is 3. The highest BCUT2D eigenvalue weighted by Crippen LogP contribution is 2.28. The summed E-state index contributed by atoms with van der Waals surface area (Å²) in [4.78, 5) is 2.72. The molecular weight excluding hydrogens is 236 g/mol. The average Bonchev–Trinajstić information content (AvgIpc) is 3.27. The van der Waals surface area contributed by atoms with E-state index in [2.05, 4.69) is 10.2 Å². The molecule has 2 atom stereocenters. The van der Waals surface area contributed by atoms with Gasteiger partial charge in [-0.2, -0.15) is 0 Å². The number of unbranched alkanes of at least 4 members (excludes halogenated alkanes) is 2. The van der Waals surface area contributed by atoms with Crippen molar-refractivity contribution >= 4 is 0 Å². The standard InChI is InChI=1S/C16H30N2O/c1(4-10-17-14-8-9-14)5-11-18-12-13-19-16-7-3-2-6-15(16)18/h14-17H,1-13H2. The van der Waals surface area contributed by atoms with Crippen LogP contribution >= 0.6 is 0 Å². The maximum Gasteiger partial charge on any atom is 0.0730 e. The molecule has 3 nitrogen and oxygen atoms in total. The molecule has 0 bridgehead atoms. The minimum absolute atomic E-state index is 0.555. The lowest BCUT2D eigenvalue weighted by Crippen LogP contribution is -2.52. The SMILES string of the molecule is C(CCNC1CC1)CCN1CCOC2CCCCC21. The van der Waals surface area contributed by atoms with Crippen molar-refractivity contribution in [3.8, 4) is 0 Å². The number of nitrogens with one attached hydrogen (secondary N) is 1. The molecule has 0 amide bonds. The number of morpholine rings is 1. The summed E-state index contributed by atoms with van der Waals surface area (Å²) in [6.07, 6.45) is 12.9. The number of rotatable bonds is 7. The lowest BCUT2D eigenvalue weighted by Gasteiger charge is -2.43. The van der Waals surface area contributed by atoms with E-state index < -0.39 is 0 Å². The number of fused-ring (bicyclic) bond motifs is 1. The second-order valence-electron chi connectivity index (χ2n) is 6.59. The molecule has 0 radical (unpaired) electrons. The van der Waals surface area contributed by atoms with Crippen LogP contribution in [-0.4, -0.2) is 49.3 Å². The summed E-state index contributed by atoms with van der Waals surface area (Å²) in [5.74, 6) is 0. The van der Waals surface area contributed by atoms with E-state index in [4.69, 9.17) is 4.74 Å². The van der Waals surface area contributed by atoms with Gasteiger partial charge in [0.25, 0.3) is 0 Å². The minimum atomic E-state index is 0.555. The van der Waals surface area contributed by atoms with Crippen LogP contribution in [0.2, 0.25) is 0 Å². The van der Waals surface area contributed by atoms with Gasteiger partial charge in [0.1, 0.15) is 0 Å². The van der Waals surface area contributed by atoms with Gasteiger partial charge in [0.15, 0.2) is 0 Å². The molecule has 3 rings (SSSR count). The van der Waals surface area contributed by atoms with E-state index in [0.29, 0.717) is 6.10 Å². The zero-order valence-corrected chi connectivity index (χ0v) is 12.3. The van der Waals surface area contributed by atoms with Gasteiger partial charge in [-0.25, -0.2) is 0 Å². The Labute approximate surface area is 118 Å². The van der Waals surface area contributed by atoms with E-state index in [-0.39, 0.29) is 0 Å². The third kappa shape index (κ3) is 4.17. The zero-order chi connectivity index (χ0) is 12.9. The lowest BCUT2D eigenvalue weighted by molar-refractivity contribution is -0.0882. The van der Waals surface area contributed by atoms with Gasteiger partial charge in [-0.15, -0.1) is 0 Å². The predicted molar refractivity (Wildman–Crippen MR) is 78.4 cm³/mol. The normalized spacial score (nSPS) is 32.2. The van der Waals surface area contributed by atoms with E-state index in [0.717, 1.165) is 18.7 Å². The second kappa shape index (κ2) is 7.05. The van der Waals surface area contributed by atoms with E-state index in [1.807, 2.05) is 0 Å². The quantitative estimate of drug-likeness (QED) is 0.717. The molecule has 1 saturated heterocycles. The topological polar surface area (TPSA) is 24.5 Å². The van der Waals surface area contributed by atoms with Crippen LogP contribution in [0, 0.1) is 0 Å². The summed E-state index contributed by atoms with van der Waals surface area (Å²) >= 11 is 0. The maximum absolute atomic E-state index is 5.94. The molecule has 3 fully saturated rings. The highest BCUT2D eigenvalue weighted by molar-refractivity contribution is 4.87. The number of hydrogen-bond donors (Lipinski definition) is 1. The van der Waals surface area contributed by atoms with Gasteiger partial charge in [0, 0.05) is 18.6 Å². The van der Waals surface area contributed by atoms with Gasteiger partial charge in [-0.1, -0.05) is 19.3 Å². The van der Waals surface area contributed by atoms with Crippen molar-refractivity contribution in [1.82, 2.24) is 10.2 Å². The monoisotopic (exact) mass is 266 g/mol. The van der Waals surface area contributed by atoms with Crippen LogP contribution in [-0.2, 0) is 4.74 Å². The average molecular weight is 266 g/mol. The Balaban J connectivity index is 1.29. The first kappa shape index (κ1) is 13.8. The van der Waals surface area contributed by atoms with E-state index in [1.54, 1.807) is 0 Å². The van der Waals surface area contributed by atoms with Gasteiger partial charge in [0.2, 0.25) is 0 Å². The summed E-state index contributed by atoms with van der Waals surface area (Å²) < 4.78 is 5.94. The number of nitrogens with zero attached hydrogens (tertiary/aromatic N) is 1. The summed E-state index contributed by atoms with van der Waals surface area (Å²) in [6, 6.07) is 1.62. The molecule has 3 aliphatic rings. The fraction of sp³-hybridized carbons (Fsp3) is 1.00. The van der Waals surface area contributed by atoms with E-state index in [9.17, 15) is 0 Å². The Hall–Kier alpha value is -0.120. The molecular formula is C16H30N2O. The first-order chi connectivity index (χ1) is 9.43. The van der Waals surface area contributed by atoms with Gasteiger partial charge >= 0.3 is 0 Å². The Bertz CT molecular complexity index is 265. The molecule has 0 aromatic carbocycles. The molecule has 0 aromatic heterocycles. The fourth-order valence-corrected chi connectivity index (χ4v) is 3.66. The van der Waals surface area contributed by atoms with E-state index in [1.165, 1.54) is 77.4 Å². The van der Waals surface area contributed by atoms with Crippen molar-refractivity contribution in [3.63, 3.8) is 0 Å². The summed E-state index contributed by atoms with van der Waals surface area (Å²) in [7, 11) is 0. The van der Waals surface area contributed by atoms with Crippen LogP contribution < -0.4 is 5.32 Å². The Morgan fingerprint density at radius 1 is 1.00 bits per heavy atom. The van der Waals surface area contributed by atoms with Crippen LogP contribution in [0.3, 0.4) is 0 Å². The van der Waals surface area contributed by atoms with Crippen molar-refractivity contribution < 1.29 is 4.74 Å². The van der Waals surface area contributed by atoms with Gasteiger partial charge in [-0.05, 0) is 51.6 Å². The van der Waals surface area contributed by atoms with Crippen molar-refractivity contribution in [1.29, 1.82) is 0 Å². The molecule has 19 heavy (non-hydrogen) atoms. The lowest BCUT2D eigenvalue weighted by atomic mass is 9.90. The minimum Gasteiger partial charge on any atom is -0.375 e. The van der Waals surface area contributed by atoms with Crippen LogP contribution in [0.4, 0.5) is 0 Å². The van der Waals surface area contributed by atoms with Crippen molar-refractivity contribution in [2.75, 3.05) is 26.2 Å². The Morgan fingerprint density at radius 3 is 2.79 bits per heavy atom. The fourth-order valence-electron chi connectivity index (χ4n) is 3.66. The molecule has 0 spiro atoms. The smallest absolute Gasteiger partial charge is 0.0730 e. The molecule has 2 saturated carbocycles. The van der Waals surface area contributed by atoms with E-state index >= 15 is 0 Å². The molecule has 1 aliphatic heterocycles. The van der Waals surface area contributed by atoms with Gasteiger partial charge < -0.3 is 10.1 Å². The summed E-state index contributed by atoms with van der Waals surface area (Å²) in [5.41, 5.74) is 0. The van der Waals surface area contributed by atoms with Crippen LogP contribution in [0.1, 0.15) is 57.8 Å². The van der Waals surface area contributed by atoms with Crippen LogP contribution in [0.25, 0.3) is 0 Å².